The van der Waals surface area contributed by atoms with E-state index in [-0.39, 0.29) is 30.9 Å². The predicted molar refractivity (Wildman–Crippen MR) is 113 cm³/mol. The zero-order chi connectivity index (χ0) is 21.4. The molecule has 0 spiro atoms. The Kier molecular flexibility index (Phi) is 5.07. The van der Waals surface area contributed by atoms with Crippen LogP contribution in [0.2, 0.25) is 0 Å². The van der Waals surface area contributed by atoms with E-state index < -0.39 is 0 Å². The summed E-state index contributed by atoms with van der Waals surface area (Å²) in [6.07, 6.45) is 4.18. The highest BCUT2D eigenvalue weighted by molar-refractivity contribution is 6.03. The van der Waals surface area contributed by atoms with Gasteiger partial charge in [0.05, 0.1) is 13.3 Å². The van der Waals surface area contributed by atoms with E-state index in [1.54, 1.807) is 12.3 Å². The minimum Gasteiger partial charge on any atom is -0.467 e. The molecule has 2 amide bonds. The molecule has 8 heteroatoms. The molecule has 5 rings (SSSR count). The highest BCUT2D eigenvalue weighted by Crippen LogP contribution is 2.34. The predicted octanol–water partition coefficient (Wildman–Crippen LogP) is 1.50. The van der Waals surface area contributed by atoms with Crippen LogP contribution in [0.3, 0.4) is 0 Å². The maximum absolute atomic E-state index is 13.1. The first-order valence-corrected chi connectivity index (χ1v) is 10.6. The number of para-hydroxylation sites is 1. The summed E-state index contributed by atoms with van der Waals surface area (Å²) in [6, 6.07) is 13.3. The molecule has 1 aliphatic carbocycles. The number of likely N-dealkylation sites (N-methyl/N-ethyl adjacent to an activating group) is 1. The summed E-state index contributed by atoms with van der Waals surface area (Å²) in [7, 11) is 1.84. The number of hydrazone groups is 1. The Morgan fingerprint density at radius 2 is 2.03 bits per heavy atom. The number of rotatable bonds is 7. The SMILES string of the molecule is C[NH+](CC(=O)NC1CC1)CC(=O)N1N=C(c2cc3ccccc3o2)C[C@@H]1c1ccco1. The van der Waals surface area contributed by atoms with Crippen molar-refractivity contribution in [3.63, 3.8) is 0 Å². The summed E-state index contributed by atoms with van der Waals surface area (Å²) in [5.74, 6) is 1.14. The van der Waals surface area contributed by atoms with Crippen LogP contribution in [-0.2, 0) is 9.59 Å². The Hall–Kier alpha value is -3.39. The molecule has 3 aromatic rings. The first-order chi connectivity index (χ1) is 15.1. The lowest BCUT2D eigenvalue weighted by Crippen LogP contribution is -3.11. The second kappa shape index (κ2) is 8.03. The molecule has 2 aromatic heterocycles. The van der Waals surface area contributed by atoms with Crippen molar-refractivity contribution in [1.29, 1.82) is 0 Å². The molecular weight excluding hydrogens is 396 g/mol. The molecule has 1 aromatic carbocycles. The first-order valence-electron chi connectivity index (χ1n) is 10.6. The van der Waals surface area contributed by atoms with Crippen LogP contribution < -0.4 is 10.2 Å². The van der Waals surface area contributed by atoms with Crippen LogP contribution in [0.4, 0.5) is 0 Å². The normalized spacial score (nSPS) is 19.5. The van der Waals surface area contributed by atoms with Crippen molar-refractivity contribution in [3.8, 4) is 0 Å². The van der Waals surface area contributed by atoms with Crippen LogP contribution in [0.1, 0.15) is 36.8 Å². The quantitative estimate of drug-likeness (QED) is 0.605. The maximum atomic E-state index is 13.1. The van der Waals surface area contributed by atoms with Gasteiger partial charge in [0.15, 0.2) is 18.8 Å². The van der Waals surface area contributed by atoms with Gasteiger partial charge in [-0.3, -0.25) is 9.59 Å². The smallest absolute Gasteiger partial charge is 0.298 e. The maximum Gasteiger partial charge on any atom is 0.298 e. The van der Waals surface area contributed by atoms with Crippen molar-refractivity contribution < 1.29 is 23.3 Å². The number of nitrogens with one attached hydrogen (secondary N) is 2. The van der Waals surface area contributed by atoms with E-state index in [2.05, 4.69) is 10.4 Å². The number of carbonyl (C=O) groups excluding carboxylic acids is 2. The molecule has 0 bridgehead atoms. The first kappa shape index (κ1) is 19.6. The fourth-order valence-electron chi connectivity index (χ4n) is 3.90. The summed E-state index contributed by atoms with van der Waals surface area (Å²) in [5.41, 5.74) is 1.49. The Labute approximate surface area is 179 Å². The molecule has 2 N–H and O–H groups in total. The average Bonchev–Trinajstić information content (AvgIpc) is 3.18. The van der Waals surface area contributed by atoms with E-state index in [4.69, 9.17) is 8.83 Å². The summed E-state index contributed by atoms with van der Waals surface area (Å²) in [5, 5.41) is 10.0. The molecule has 2 atom stereocenters. The largest absolute Gasteiger partial charge is 0.467 e. The van der Waals surface area contributed by atoms with Crippen molar-refractivity contribution in [3.05, 3.63) is 60.2 Å². The van der Waals surface area contributed by atoms with Gasteiger partial charge in [0, 0.05) is 17.8 Å². The number of hydrogen-bond donors (Lipinski definition) is 2. The zero-order valence-electron chi connectivity index (χ0n) is 17.3. The third-order valence-corrected chi connectivity index (χ3v) is 5.61. The average molecular weight is 421 g/mol. The molecule has 1 saturated carbocycles. The molecule has 2 aliphatic rings. The number of quaternary nitrogens is 1. The van der Waals surface area contributed by atoms with Gasteiger partial charge in [0.25, 0.3) is 11.8 Å². The number of hydrogen-bond acceptors (Lipinski definition) is 5. The van der Waals surface area contributed by atoms with Gasteiger partial charge >= 0.3 is 0 Å². The summed E-state index contributed by atoms with van der Waals surface area (Å²) < 4.78 is 11.6. The number of furan rings is 2. The molecule has 1 fully saturated rings. The van der Waals surface area contributed by atoms with Gasteiger partial charge in [-0.05, 0) is 37.1 Å². The Balaban J connectivity index is 1.34. The number of carbonyl (C=O) groups is 2. The second-order valence-electron chi connectivity index (χ2n) is 8.32. The van der Waals surface area contributed by atoms with E-state index in [1.165, 1.54) is 5.01 Å². The van der Waals surface area contributed by atoms with Gasteiger partial charge in [-0.1, -0.05) is 18.2 Å². The number of benzene rings is 1. The van der Waals surface area contributed by atoms with Crippen LogP contribution >= 0.6 is 0 Å². The van der Waals surface area contributed by atoms with Crippen LogP contribution in [-0.4, -0.2) is 48.7 Å². The van der Waals surface area contributed by atoms with Crippen molar-refractivity contribution in [1.82, 2.24) is 10.3 Å². The molecule has 0 saturated heterocycles. The van der Waals surface area contributed by atoms with Crippen molar-refractivity contribution >= 4 is 28.5 Å². The topological polar surface area (TPSA) is 92.5 Å². The third kappa shape index (κ3) is 4.25. The van der Waals surface area contributed by atoms with Gasteiger partial charge < -0.3 is 19.1 Å². The lowest BCUT2D eigenvalue weighted by molar-refractivity contribution is -0.863. The Morgan fingerprint density at radius 1 is 1.19 bits per heavy atom. The van der Waals surface area contributed by atoms with Gasteiger partial charge in [-0.2, -0.15) is 5.10 Å². The minimum atomic E-state index is -0.334. The van der Waals surface area contributed by atoms with Crippen molar-refractivity contribution in [2.75, 3.05) is 20.1 Å². The highest BCUT2D eigenvalue weighted by atomic mass is 16.3. The minimum absolute atomic E-state index is 0.0247. The molecule has 8 nitrogen and oxygen atoms in total. The van der Waals surface area contributed by atoms with E-state index >= 15 is 0 Å². The van der Waals surface area contributed by atoms with Crippen LogP contribution in [0.25, 0.3) is 11.0 Å². The molecule has 31 heavy (non-hydrogen) atoms. The molecule has 3 heterocycles. The van der Waals surface area contributed by atoms with Crippen molar-refractivity contribution in [2.24, 2.45) is 5.10 Å². The van der Waals surface area contributed by atoms with Gasteiger partial charge in [-0.15, -0.1) is 0 Å². The molecule has 1 unspecified atom stereocenters. The fourth-order valence-corrected chi connectivity index (χ4v) is 3.90. The van der Waals surface area contributed by atoms with Gasteiger partial charge in [0.2, 0.25) is 0 Å². The number of nitrogens with zero attached hydrogens (tertiary/aromatic N) is 2. The van der Waals surface area contributed by atoms with Crippen LogP contribution in [0.5, 0.6) is 0 Å². The Morgan fingerprint density at radius 3 is 2.77 bits per heavy atom. The summed E-state index contributed by atoms with van der Waals surface area (Å²) in [6.45, 7) is 0.411. The fraction of sp³-hybridized carbons (Fsp3) is 0.348. The Bertz CT molecular complexity index is 1100. The van der Waals surface area contributed by atoms with E-state index in [0.29, 0.717) is 29.7 Å². The highest BCUT2D eigenvalue weighted by Gasteiger charge is 2.37. The lowest BCUT2D eigenvalue weighted by Gasteiger charge is -2.21. The monoisotopic (exact) mass is 421 g/mol. The van der Waals surface area contributed by atoms with Crippen LogP contribution in [0, 0.1) is 0 Å². The zero-order valence-corrected chi connectivity index (χ0v) is 17.3. The van der Waals surface area contributed by atoms with E-state index in [1.807, 2.05) is 43.4 Å². The second-order valence-corrected chi connectivity index (χ2v) is 8.32. The number of fused-ring (bicyclic) bond motifs is 1. The van der Waals surface area contributed by atoms with Crippen LogP contribution in [0.15, 0.2) is 62.7 Å². The summed E-state index contributed by atoms with van der Waals surface area (Å²) >= 11 is 0. The molecule has 0 radical (unpaired) electrons. The van der Waals surface area contributed by atoms with Gasteiger partial charge in [0.1, 0.15) is 23.1 Å². The van der Waals surface area contributed by atoms with E-state index in [9.17, 15) is 9.59 Å². The third-order valence-electron chi connectivity index (χ3n) is 5.61. The van der Waals surface area contributed by atoms with E-state index in [0.717, 1.165) is 28.7 Å². The lowest BCUT2D eigenvalue weighted by atomic mass is 10.1. The standard InChI is InChI=1S/C23H24N4O4/c1-26(13-22(28)24-16-8-9-16)14-23(29)27-18(20-7-4-10-30-20)12-17(25-27)21-11-15-5-2-3-6-19(15)31-21/h2-7,10-11,16,18H,8-9,12-14H2,1H3,(H,24,28)/p+1/t18-/m1/s1. The summed E-state index contributed by atoms with van der Waals surface area (Å²) in [4.78, 5) is 26.0. The van der Waals surface area contributed by atoms with Crippen molar-refractivity contribution in [2.45, 2.75) is 31.3 Å². The molecular formula is C23H25N4O4+. The molecule has 160 valence electrons. The van der Waals surface area contributed by atoms with Gasteiger partial charge in [-0.25, -0.2) is 5.01 Å². The number of amides is 2. The molecule has 1 aliphatic heterocycles.